The molecule has 2 aromatic rings. The zero-order valence-corrected chi connectivity index (χ0v) is 13.4. The Kier molecular flexibility index (Phi) is 4.85. The van der Waals surface area contributed by atoms with Gasteiger partial charge in [-0.25, -0.2) is 4.68 Å². The molecule has 0 saturated carbocycles. The summed E-state index contributed by atoms with van der Waals surface area (Å²) in [7, 11) is 0. The van der Waals surface area contributed by atoms with E-state index < -0.39 is 17.2 Å². The normalized spacial score (nSPS) is 12.7. The van der Waals surface area contributed by atoms with Crippen molar-refractivity contribution in [1.82, 2.24) is 9.78 Å². The fourth-order valence-corrected chi connectivity index (χ4v) is 2.98. The molecule has 1 aromatic carbocycles. The van der Waals surface area contributed by atoms with E-state index in [0.717, 1.165) is 10.9 Å². The van der Waals surface area contributed by atoms with Crippen LogP contribution in [0.5, 0.6) is 0 Å². The second-order valence-corrected chi connectivity index (χ2v) is 6.28. The molecule has 1 aromatic heterocycles. The average Bonchev–Trinajstić information content (AvgIpc) is 2.66. The number of halogens is 8. The van der Waals surface area contributed by atoms with Gasteiger partial charge in [-0.15, -0.1) is 0 Å². The molecule has 11 heteroatoms. The fourth-order valence-electron chi connectivity index (χ4n) is 1.73. The number of aryl methyl sites for hydroxylation is 1. The zero-order valence-electron chi connectivity index (χ0n) is 11.1. The first-order chi connectivity index (χ1) is 10.4. The van der Waals surface area contributed by atoms with Crippen LogP contribution in [0.15, 0.2) is 23.2 Å². The topological polar surface area (TPSA) is 17.8 Å². The standard InChI is InChI=1S/C12H6Cl2F6N2S/c1-5-9(23-12(18,19)20)4-22(21-5)10-7(13)2-6(3-8(10)14)11(15,16)17/h2-4H,1H3. The van der Waals surface area contributed by atoms with E-state index in [-0.39, 0.29) is 38.1 Å². The Morgan fingerprint density at radius 3 is 2.00 bits per heavy atom. The summed E-state index contributed by atoms with van der Waals surface area (Å²) in [4.78, 5) is -0.204. The number of nitrogens with zero attached hydrogens (tertiary/aromatic N) is 2. The van der Waals surface area contributed by atoms with Crippen LogP contribution in [-0.2, 0) is 6.18 Å². The van der Waals surface area contributed by atoms with Gasteiger partial charge in [-0.1, -0.05) is 23.2 Å². The molecule has 23 heavy (non-hydrogen) atoms. The van der Waals surface area contributed by atoms with E-state index in [2.05, 4.69) is 5.10 Å². The smallest absolute Gasteiger partial charge is 0.237 e. The molecular formula is C12H6Cl2F6N2S. The summed E-state index contributed by atoms with van der Waals surface area (Å²) in [6.07, 6.45) is -3.64. The van der Waals surface area contributed by atoms with Gasteiger partial charge in [0.25, 0.3) is 0 Å². The average molecular weight is 395 g/mol. The highest BCUT2D eigenvalue weighted by molar-refractivity contribution is 8.00. The first-order valence-electron chi connectivity index (χ1n) is 5.77. The molecule has 0 bridgehead atoms. The maximum Gasteiger partial charge on any atom is 0.446 e. The Bertz CT molecular complexity index is 715. The Balaban J connectivity index is 2.49. The van der Waals surface area contributed by atoms with Gasteiger partial charge < -0.3 is 0 Å². The molecule has 126 valence electrons. The van der Waals surface area contributed by atoms with Crippen molar-refractivity contribution in [2.24, 2.45) is 0 Å². The number of alkyl halides is 6. The van der Waals surface area contributed by atoms with Gasteiger partial charge in [-0.3, -0.25) is 0 Å². The molecule has 2 nitrogen and oxygen atoms in total. The molecule has 0 aliphatic carbocycles. The minimum atomic E-state index is -4.65. The maximum absolute atomic E-state index is 12.7. The van der Waals surface area contributed by atoms with E-state index in [1.54, 1.807) is 0 Å². The van der Waals surface area contributed by atoms with Crippen molar-refractivity contribution >= 4 is 35.0 Å². The van der Waals surface area contributed by atoms with E-state index in [9.17, 15) is 26.3 Å². The van der Waals surface area contributed by atoms with Crippen molar-refractivity contribution in [3.8, 4) is 5.69 Å². The third-order valence-electron chi connectivity index (χ3n) is 2.65. The monoisotopic (exact) mass is 394 g/mol. The highest BCUT2D eigenvalue weighted by atomic mass is 35.5. The molecular weight excluding hydrogens is 389 g/mol. The quantitative estimate of drug-likeness (QED) is 0.451. The number of aromatic nitrogens is 2. The van der Waals surface area contributed by atoms with E-state index in [0.29, 0.717) is 12.1 Å². The number of benzene rings is 1. The van der Waals surface area contributed by atoms with Crippen LogP contribution in [0.25, 0.3) is 5.69 Å². The second-order valence-electron chi connectivity index (χ2n) is 4.36. The minimum absolute atomic E-state index is 0.0411. The molecule has 1 heterocycles. The summed E-state index contributed by atoms with van der Waals surface area (Å²) in [5.41, 5.74) is -5.67. The summed E-state index contributed by atoms with van der Waals surface area (Å²) in [6.45, 7) is 1.33. The summed E-state index contributed by atoms with van der Waals surface area (Å²) in [5, 5.41) is 3.07. The maximum atomic E-state index is 12.7. The van der Waals surface area contributed by atoms with Crippen LogP contribution in [0.4, 0.5) is 26.3 Å². The van der Waals surface area contributed by atoms with Crippen LogP contribution in [0, 0.1) is 6.92 Å². The van der Waals surface area contributed by atoms with Gasteiger partial charge >= 0.3 is 11.7 Å². The minimum Gasteiger partial charge on any atom is -0.237 e. The Morgan fingerprint density at radius 2 is 1.57 bits per heavy atom. The molecule has 2 rings (SSSR count). The van der Waals surface area contributed by atoms with Gasteiger partial charge in [0.2, 0.25) is 0 Å². The van der Waals surface area contributed by atoms with E-state index in [4.69, 9.17) is 23.2 Å². The van der Waals surface area contributed by atoms with Crippen molar-refractivity contribution < 1.29 is 26.3 Å². The van der Waals surface area contributed by atoms with E-state index in [1.165, 1.54) is 6.92 Å². The Hall–Kier alpha value is -1.06. The van der Waals surface area contributed by atoms with Crippen molar-refractivity contribution in [2.45, 2.75) is 23.5 Å². The highest BCUT2D eigenvalue weighted by Gasteiger charge is 2.33. The van der Waals surface area contributed by atoms with Crippen LogP contribution in [0.3, 0.4) is 0 Å². The van der Waals surface area contributed by atoms with Gasteiger partial charge in [0.15, 0.2) is 0 Å². The third kappa shape index (κ3) is 4.27. The number of rotatable bonds is 2. The molecule has 0 radical (unpaired) electrons. The second kappa shape index (κ2) is 6.10. The predicted molar refractivity (Wildman–Crippen MR) is 75.2 cm³/mol. The van der Waals surface area contributed by atoms with Crippen LogP contribution in [0.1, 0.15) is 11.3 Å². The lowest BCUT2D eigenvalue weighted by atomic mass is 10.2. The summed E-state index contributed by atoms with van der Waals surface area (Å²) < 4.78 is 76.2. The fraction of sp³-hybridized carbons (Fsp3) is 0.250. The summed E-state index contributed by atoms with van der Waals surface area (Å²) in [5.74, 6) is 0. The van der Waals surface area contributed by atoms with Gasteiger partial charge in [0.1, 0.15) is 5.69 Å². The van der Waals surface area contributed by atoms with Gasteiger partial charge in [-0.2, -0.15) is 31.4 Å². The van der Waals surface area contributed by atoms with Crippen LogP contribution >= 0.6 is 35.0 Å². The lowest BCUT2D eigenvalue weighted by molar-refractivity contribution is -0.137. The van der Waals surface area contributed by atoms with Crippen LogP contribution in [-0.4, -0.2) is 15.3 Å². The van der Waals surface area contributed by atoms with Gasteiger partial charge in [0.05, 0.1) is 26.2 Å². The first-order valence-corrected chi connectivity index (χ1v) is 7.34. The molecule has 0 amide bonds. The summed E-state index contributed by atoms with van der Waals surface area (Å²) in [6, 6.07) is 1.27. The third-order valence-corrected chi connectivity index (χ3v) is 4.08. The molecule has 0 unspecified atom stereocenters. The van der Waals surface area contributed by atoms with Gasteiger partial charge in [-0.05, 0) is 30.8 Å². The molecule has 0 aliphatic heterocycles. The van der Waals surface area contributed by atoms with E-state index in [1.807, 2.05) is 0 Å². The number of hydrogen-bond donors (Lipinski definition) is 0. The highest BCUT2D eigenvalue weighted by Crippen LogP contribution is 2.41. The predicted octanol–water partition coefficient (Wildman–Crippen LogP) is 6.12. The zero-order chi connectivity index (χ0) is 17.6. The van der Waals surface area contributed by atoms with Crippen molar-refractivity contribution in [2.75, 3.05) is 0 Å². The van der Waals surface area contributed by atoms with E-state index >= 15 is 0 Å². The molecule has 0 atom stereocenters. The molecule has 0 saturated heterocycles. The van der Waals surface area contributed by atoms with Crippen molar-refractivity contribution in [1.29, 1.82) is 0 Å². The van der Waals surface area contributed by atoms with Crippen molar-refractivity contribution in [3.63, 3.8) is 0 Å². The van der Waals surface area contributed by atoms with Crippen LogP contribution < -0.4 is 0 Å². The summed E-state index contributed by atoms with van der Waals surface area (Å²) >= 11 is 11.2. The lowest BCUT2D eigenvalue weighted by Gasteiger charge is -2.12. The Morgan fingerprint density at radius 1 is 1.04 bits per heavy atom. The molecule has 0 N–H and O–H groups in total. The lowest BCUT2D eigenvalue weighted by Crippen LogP contribution is -2.07. The largest absolute Gasteiger partial charge is 0.446 e. The van der Waals surface area contributed by atoms with Crippen LogP contribution in [0.2, 0.25) is 10.0 Å². The Labute approximate surface area is 140 Å². The van der Waals surface area contributed by atoms with Gasteiger partial charge in [0, 0.05) is 6.20 Å². The molecule has 0 spiro atoms. The number of thioether (sulfide) groups is 1. The molecule has 0 aliphatic rings. The number of hydrogen-bond acceptors (Lipinski definition) is 2. The first kappa shape index (κ1) is 18.3. The van der Waals surface area contributed by atoms with Crippen molar-refractivity contribution in [3.05, 3.63) is 39.6 Å². The SMILES string of the molecule is Cc1nn(-c2c(Cl)cc(C(F)(F)F)cc2Cl)cc1SC(F)(F)F. The molecule has 0 fully saturated rings.